The van der Waals surface area contributed by atoms with E-state index in [4.69, 9.17) is 0 Å². The van der Waals surface area contributed by atoms with Gasteiger partial charge in [-0.1, -0.05) is 60.7 Å². The molecule has 0 unspecified atom stereocenters. The fourth-order valence-corrected chi connectivity index (χ4v) is 2.05. The number of benzene rings is 2. The molecule has 2 rings (SSSR count). The molecule has 4 heteroatoms. The molecule has 2 aromatic carbocycles. The summed E-state index contributed by atoms with van der Waals surface area (Å²) in [5.74, 6) is -1.92. The van der Waals surface area contributed by atoms with Crippen LogP contribution in [0.1, 0.15) is 23.1 Å². The molecule has 2 aromatic rings. The summed E-state index contributed by atoms with van der Waals surface area (Å²) < 4.78 is 39.5. The number of aliphatic hydroxyl groups is 1. The van der Waals surface area contributed by atoms with Gasteiger partial charge in [-0.3, -0.25) is 0 Å². The summed E-state index contributed by atoms with van der Waals surface area (Å²) in [7, 11) is 0. The molecule has 1 nitrogen and oxygen atoms in total. The summed E-state index contributed by atoms with van der Waals surface area (Å²) in [5, 5.41) is 10.0. The molecule has 19 heavy (non-hydrogen) atoms. The highest BCUT2D eigenvalue weighted by Crippen LogP contribution is 2.43. The second-order valence-corrected chi connectivity index (χ2v) is 4.29. The van der Waals surface area contributed by atoms with Crippen LogP contribution in [0.25, 0.3) is 0 Å². The number of alkyl halides is 3. The molecular formula is C15H13F3O. The first-order valence-electron chi connectivity index (χ1n) is 5.85. The van der Waals surface area contributed by atoms with Crippen LogP contribution >= 0.6 is 0 Å². The Morgan fingerprint density at radius 3 is 1.58 bits per heavy atom. The van der Waals surface area contributed by atoms with E-state index >= 15 is 0 Å². The number of hydrogen-bond donors (Lipinski definition) is 1. The summed E-state index contributed by atoms with van der Waals surface area (Å²) in [6, 6.07) is 15.4. The van der Waals surface area contributed by atoms with Crippen LogP contribution in [0.5, 0.6) is 0 Å². The van der Waals surface area contributed by atoms with Gasteiger partial charge in [-0.05, 0) is 11.1 Å². The van der Waals surface area contributed by atoms with Crippen LogP contribution < -0.4 is 0 Å². The van der Waals surface area contributed by atoms with E-state index in [1.165, 1.54) is 36.4 Å². The fraction of sp³-hybridized carbons (Fsp3) is 0.200. The average molecular weight is 266 g/mol. The first-order chi connectivity index (χ1) is 9.00. The van der Waals surface area contributed by atoms with Gasteiger partial charge in [0.25, 0.3) is 0 Å². The zero-order valence-corrected chi connectivity index (χ0v) is 10.0. The Morgan fingerprint density at radius 2 is 1.16 bits per heavy atom. The molecule has 0 aliphatic rings. The third kappa shape index (κ3) is 3.15. The predicted molar refractivity (Wildman–Crippen MR) is 66.6 cm³/mol. The van der Waals surface area contributed by atoms with Crippen LogP contribution in [0.2, 0.25) is 0 Å². The molecule has 0 aliphatic heterocycles. The molecule has 0 aliphatic carbocycles. The lowest BCUT2D eigenvalue weighted by Gasteiger charge is -2.26. The van der Waals surface area contributed by atoms with Crippen molar-refractivity contribution < 1.29 is 18.3 Å². The molecule has 0 saturated carbocycles. The quantitative estimate of drug-likeness (QED) is 0.888. The maximum atomic E-state index is 13.2. The van der Waals surface area contributed by atoms with E-state index in [0.29, 0.717) is 0 Å². The van der Waals surface area contributed by atoms with Crippen molar-refractivity contribution >= 4 is 0 Å². The highest BCUT2D eigenvalue weighted by atomic mass is 19.4. The third-order valence-corrected chi connectivity index (χ3v) is 2.97. The Labute approximate surface area is 109 Å². The van der Waals surface area contributed by atoms with Gasteiger partial charge < -0.3 is 5.11 Å². The van der Waals surface area contributed by atoms with E-state index < -0.39 is 18.2 Å². The number of rotatable bonds is 3. The molecule has 0 radical (unpaired) electrons. The number of aliphatic hydroxyl groups excluding tert-OH is 1. The summed E-state index contributed by atoms with van der Waals surface area (Å²) in [6.07, 6.45) is -6.11. The monoisotopic (exact) mass is 266 g/mol. The summed E-state index contributed by atoms with van der Waals surface area (Å²) in [6.45, 7) is 0. The first-order valence-corrected chi connectivity index (χ1v) is 5.85. The molecule has 0 saturated heterocycles. The summed E-state index contributed by atoms with van der Waals surface area (Å²) in [5.41, 5.74) is 0.319. The first kappa shape index (κ1) is 13.6. The van der Waals surface area contributed by atoms with Crippen molar-refractivity contribution in [3.05, 3.63) is 71.8 Å². The van der Waals surface area contributed by atoms with E-state index in [1.807, 2.05) is 0 Å². The van der Waals surface area contributed by atoms with Crippen LogP contribution in [-0.2, 0) is 0 Å². The summed E-state index contributed by atoms with van der Waals surface area (Å²) in [4.78, 5) is 0. The normalized spacial score (nSPS) is 14.9. The number of hydrogen-bond acceptors (Lipinski definition) is 1. The van der Waals surface area contributed by atoms with Crippen molar-refractivity contribution in [2.75, 3.05) is 0 Å². The van der Waals surface area contributed by atoms with Crippen molar-refractivity contribution in [2.45, 2.75) is 18.2 Å². The van der Waals surface area contributed by atoms with E-state index in [-0.39, 0.29) is 11.1 Å². The van der Waals surface area contributed by atoms with Gasteiger partial charge in [0.2, 0.25) is 0 Å². The Bertz CT molecular complexity index is 508. The van der Waals surface area contributed by atoms with Crippen LogP contribution in [0, 0.1) is 0 Å². The van der Waals surface area contributed by atoms with Crippen molar-refractivity contribution in [2.24, 2.45) is 0 Å². The Balaban J connectivity index is 2.40. The molecule has 2 atom stereocenters. The molecule has 100 valence electrons. The van der Waals surface area contributed by atoms with Crippen molar-refractivity contribution in [3.63, 3.8) is 0 Å². The van der Waals surface area contributed by atoms with E-state index in [1.54, 1.807) is 24.3 Å². The smallest absolute Gasteiger partial charge is 0.387 e. The van der Waals surface area contributed by atoms with E-state index in [9.17, 15) is 18.3 Å². The fourth-order valence-electron chi connectivity index (χ4n) is 2.05. The van der Waals surface area contributed by atoms with Crippen LogP contribution in [0.3, 0.4) is 0 Å². The van der Waals surface area contributed by atoms with Crippen molar-refractivity contribution in [3.8, 4) is 0 Å². The van der Waals surface area contributed by atoms with Gasteiger partial charge in [0.05, 0.1) is 6.10 Å². The van der Waals surface area contributed by atoms with Crippen LogP contribution in [-0.4, -0.2) is 11.3 Å². The van der Waals surface area contributed by atoms with Gasteiger partial charge >= 0.3 is 6.18 Å². The SMILES string of the molecule is O[C@@H](c1ccccc1)[C@H](c1ccccc1)C(F)(F)F. The highest BCUT2D eigenvalue weighted by molar-refractivity contribution is 5.28. The maximum Gasteiger partial charge on any atom is 0.398 e. The molecule has 0 heterocycles. The van der Waals surface area contributed by atoms with Gasteiger partial charge in [-0.15, -0.1) is 0 Å². The minimum Gasteiger partial charge on any atom is -0.387 e. The van der Waals surface area contributed by atoms with E-state index in [2.05, 4.69) is 0 Å². The lowest BCUT2D eigenvalue weighted by molar-refractivity contribution is -0.173. The Hall–Kier alpha value is -1.81. The second kappa shape index (κ2) is 5.45. The summed E-state index contributed by atoms with van der Waals surface area (Å²) >= 11 is 0. The second-order valence-electron chi connectivity index (χ2n) is 4.29. The molecule has 0 aromatic heterocycles. The zero-order valence-electron chi connectivity index (χ0n) is 10.0. The molecule has 0 fully saturated rings. The molecular weight excluding hydrogens is 253 g/mol. The predicted octanol–water partition coefficient (Wildman–Crippen LogP) is 4.07. The lowest BCUT2D eigenvalue weighted by atomic mass is 9.88. The van der Waals surface area contributed by atoms with Crippen LogP contribution in [0.4, 0.5) is 13.2 Å². The molecule has 0 bridgehead atoms. The Kier molecular flexibility index (Phi) is 3.90. The van der Waals surface area contributed by atoms with Gasteiger partial charge in [0, 0.05) is 0 Å². The Morgan fingerprint density at radius 1 is 0.737 bits per heavy atom. The average Bonchev–Trinajstić information content (AvgIpc) is 2.39. The van der Waals surface area contributed by atoms with Gasteiger partial charge in [-0.2, -0.15) is 13.2 Å². The lowest BCUT2D eigenvalue weighted by Crippen LogP contribution is -2.27. The van der Waals surface area contributed by atoms with Gasteiger partial charge in [0.15, 0.2) is 0 Å². The van der Waals surface area contributed by atoms with Crippen molar-refractivity contribution in [1.29, 1.82) is 0 Å². The molecule has 1 N–H and O–H groups in total. The van der Waals surface area contributed by atoms with Crippen LogP contribution in [0.15, 0.2) is 60.7 Å². The molecule has 0 amide bonds. The zero-order chi connectivity index (χ0) is 13.9. The highest BCUT2D eigenvalue weighted by Gasteiger charge is 2.45. The number of halogens is 3. The van der Waals surface area contributed by atoms with Gasteiger partial charge in [-0.25, -0.2) is 0 Å². The van der Waals surface area contributed by atoms with E-state index in [0.717, 1.165) is 0 Å². The standard InChI is InChI=1S/C15H13F3O/c16-15(17,18)13(11-7-3-1-4-8-11)14(19)12-9-5-2-6-10-12/h1-10,13-14,19H/t13-,14-/m0/s1. The minimum absolute atomic E-state index is 0.0614. The minimum atomic E-state index is -4.50. The topological polar surface area (TPSA) is 20.2 Å². The van der Waals surface area contributed by atoms with Crippen molar-refractivity contribution in [1.82, 2.24) is 0 Å². The maximum absolute atomic E-state index is 13.2. The molecule has 0 spiro atoms. The third-order valence-electron chi connectivity index (χ3n) is 2.97. The van der Waals surface area contributed by atoms with Gasteiger partial charge in [0.1, 0.15) is 5.92 Å². The largest absolute Gasteiger partial charge is 0.398 e.